The molecule has 1 aliphatic rings. The third-order valence-corrected chi connectivity index (χ3v) is 8.18. The summed E-state index contributed by atoms with van der Waals surface area (Å²) in [7, 11) is 1.38. The van der Waals surface area contributed by atoms with Crippen LogP contribution in [-0.4, -0.2) is 48.9 Å². The Balaban J connectivity index is 1.25. The van der Waals surface area contributed by atoms with Crippen LogP contribution in [0.15, 0.2) is 97.2 Å². The van der Waals surface area contributed by atoms with Crippen molar-refractivity contribution in [2.24, 2.45) is 0 Å². The average Bonchev–Trinajstić information content (AvgIpc) is 3.46. The van der Waals surface area contributed by atoms with Gasteiger partial charge in [0, 0.05) is 42.1 Å². The number of esters is 1. The van der Waals surface area contributed by atoms with Gasteiger partial charge in [0.25, 0.3) is 0 Å². The molecule has 44 heavy (non-hydrogen) atoms. The maximum absolute atomic E-state index is 11.9. The Morgan fingerprint density at radius 3 is 2.41 bits per heavy atom. The number of aromatic nitrogens is 2. The Morgan fingerprint density at radius 2 is 1.68 bits per heavy atom. The number of hydrogen-bond acceptors (Lipinski definition) is 5. The van der Waals surface area contributed by atoms with Crippen LogP contribution in [0.2, 0.25) is 10.0 Å². The molecule has 0 spiro atoms. The van der Waals surface area contributed by atoms with Crippen molar-refractivity contribution in [3.8, 4) is 22.4 Å². The minimum atomic E-state index is -0.363. The SMILES string of the molecule is COC(=O)c1ccc(Cn2cc(-c3ccc(Cl)cc3Cl)nc2/C=C/c2ccc(-c3cccc(N4CCOCC4)c3)cc2)cc1. The number of hydrogen-bond donors (Lipinski definition) is 0. The van der Waals surface area contributed by atoms with E-state index in [4.69, 9.17) is 37.7 Å². The maximum Gasteiger partial charge on any atom is 0.337 e. The Kier molecular flexibility index (Phi) is 9.12. The van der Waals surface area contributed by atoms with Crippen molar-refractivity contribution in [2.75, 3.05) is 38.3 Å². The van der Waals surface area contributed by atoms with Gasteiger partial charge in [-0.05, 0) is 70.8 Å². The lowest BCUT2D eigenvalue weighted by atomic mass is 10.0. The highest BCUT2D eigenvalue weighted by molar-refractivity contribution is 6.36. The maximum atomic E-state index is 11.9. The summed E-state index contributed by atoms with van der Waals surface area (Å²) in [5.74, 6) is 0.406. The van der Waals surface area contributed by atoms with Crippen LogP contribution in [0, 0.1) is 0 Å². The molecule has 0 bridgehead atoms. The molecule has 4 aromatic carbocycles. The number of methoxy groups -OCH3 is 1. The Morgan fingerprint density at radius 1 is 0.909 bits per heavy atom. The molecule has 0 unspecified atom stereocenters. The standard InChI is InChI=1S/C36H31Cl2N3O3/c1-43-36(42)28-12-7-26(8-13-28)23-41-24-34(32-15-14-30(37)22-33(32)38)39-35(41)16-9-25-5-10-27(11-6-25)29-3-2-4-31(21-29)40-17-19-44-20-18-40/h2-16,21-22,24H,17-20,23H2,1H3/b16-9+. The molecule has 0 N–H and O–H groups in total. The van der Waals surface area contributed by atoms with Gasteiger partial charge in [0.1, 0.15) is 5.82 Å². The molecule has 0 atom stereocenters. The number of imidazole rings is 1. The number of benzene rings is 4. The minimum Gasteiger partial charge on any atom is -0.465 e. The number of carbonyl (C=O) groups excluding carboxylic acids is 1. The molecule has 5 aromatic rings. The summed E-state index contributed by atoms with van der Waals surface area (Å²) in [4.78, 5) is 19.2. The Labute approximate surface area is 267 Å². The van der Waals surface area contributed by atoms with Crippen LogP contribution in [0.4, 0.5) is 5.69 Å². The van der Waals surface area contributed by atoms with E-state index in [0.717, 1.165) is 60.1 Å². The summed E-state index contributed by atoms with van der Waals surface area (Å²) >= 11 is 12.7. The van der Waals surface area contributed by atoms with Gasteiger partial charge in [-0.3, -0.25) is 0 Å². The van der Waals surface area contributed by atoms with Crippen molar-refractivity contribution in [3.05, 3.63) is 130 Å². The van der Waals surface area contributed by atoms with Crippen molar-refractivity contribution < 1.29 is 14.3 Å². The quantitative estimate of drug-likeness (QED) is 0.163. The van der Waals surface area contributed by atoms with Crippen LogP contribution in [0.25, 0.3) is 34.5 Å². The number of nitrogens with zero attached hydrogens (tertiary/aromatic N) is 3. The second kappa shape index (κ2) is 13.5. The first-order chi connectivity index (χ1) is 21.5. The van der Waals surface area contributed by atoms with E-state index in [0.29, 0.717) is 22.2 Å². The molecule has 222 valence electrons. The van der Waals surface area contributed by atoms with Crippen LogP contribution in [-0.2, 0) is 16.0 Å². The van der Waals surface area contributed by atoms with Gasteiger partial charge in [-0.1, -0.05) is 77.8 Å². The van der Waals surface area contributed by atoms with Gasteiger partial charge in [-0.25, -0.2) is 9.78 Å². The summed E-state index contributed by atoms with van der Waals surface area (Å²) in [6.07, 6.45) is 6.04. The molecule has 2 heterocycles. The molecule has 0 saturated carbocycles. The molecule has 0 aliphatic carbocycles. The number of morpholine rings is 1. The molecule has 0 radical (unpaired) electrons. The molecule has 6 rings (SSSR count). The summed E-state index contributed by atoms with van der Waals surface area (Å²) in [6, 6.07) is 30.0. The first-order valence-electron chi connectivity index (χ1n) is 14.4. The Bertz CT molecular complexity index is 1790. The zero-order chi connectivity index (χ0) is 30.5. The van der Waals surface area contributed by atoms with Gasteiger partial charge in [0.15, 0.2) is 0 Å². The summed E-state index contributed by atoms with van der Waals surface area (Å²) in [6.45, 7) is 3.90. The predicted octanol–water partition coefficient (Wildman–Crippen LogP) is 8.37. The van der Waals surface area contributed by atoms with Crippen molar-refractivity contribution in [2.45, 2.75) is 6.54 Å². The van der Waals surface area contributed by atoms with E-state index in [2.05, 4.69) is 64.1 Å². The number of anilines is 1. The lowest BCUT2D eigenvalue weighted by molar-refractivity contribution is 0.0600. The second-order valence-electron chi connectivity index (χ2n) is 10.5. The normalized spacial score (nSPS) is 13.4. The number of halogens is 2. The van der Waals surface area contributed by atoms with Gasteiger partial charge in [0.2, 0.25) is 0 Å². The van der Waals surface area contributed by atoms with Gasteiger partial charge in [-0.15, -0.1) is 0 Å². The summed E-state index contributed by atoms with van der Waals surface area (Å²) in [5, 5.41) is 1.11. The fourth-order valence-corrected chi connectivity index (χ4v) is 5.74. The van der Waals surface area contributed by atoms with Gasteiger partial charge in [0.05, 0.1) is 36.6 Å². The van der Waals surface area contributed by atoms with Gasteiger partial charge >= 0.3 is 5.97 Å². The molecule has 0 amide bonds. The van der Waals surface area contributed by atoms with Crippen LogP contribution in [0.5, 0.6) is 0 Å². The van der Waals surface area contributed by atoms with Crippen LogP contribution >= 0.6 is 23.2 Å². The predicted molar refractivity (Wildman–Crippen MR) is 178 cm³/mol. The average molecular weight is 625 g/mol. The van der Waals surface area contributed by atoms with Crippen LogP contribution < -0.4 is 4.90 Å². The zero-order valence-corrected chi connectivity index (χ0v) is 25.8. The highest BCUT2D eigenvalue weighted by Crippen LogP contribution is 2.31. The molecular weight excluding hydrogens is 593 g/mol. The summed E-state index contributed by atoms with van der Waals surface area (Å²) in [5.41, 5.74) is 7.69. The minimum absolute atomic E-state index is 0.363. The third-order valence-electron chi connectivity index (χ3n) is 7.63. The largest absolute Gasteiger partial charge is 0.465 e. The van der Waals surface area contributed by atoms with E-state index in [1.165, 1.54) is 18.4 Å². The van der Waals surface area contributed by atoms with E-state index in [1.54, 1.807) is 24.3 Å². The lowest BCUT2D eigenvalue weighted by Crippen LogP contribution is -2.36. The van der Waals surface area contributed by atoms with E-state index >= 15 is 0 Å². The third kappa shape index (κ3) is 6.89. The molecule has 8 heteroatoms. The van der Waals surface area contributed by atoms with Crippen molar-refractivity contribution in [1.29, 1.82) is 0 Å². The molecular formula is C36H31Cl2N3O3. The highest BCUT2D eigenvalue weighted by Gasteiger charge is 2.14. The molecule has 1 fully saturated rings. The van der Waals surface area contributed by atoms with E-state index in [1.807, 2.05) is 30.5 Å². The summed E-state index contributed by atoms with van der Waals surface area (Å²) < 4.78 is 12.4. The highest BCUT2D eigenvalue weighted by atomic mass is 35.5. The topological polar surface area (TPSA) is 56.6 Å². The first-order valence-corrected chi connectivity index (χ1v) is 15.1. The monoisotopic (exact) mass is 623 g/mol. The van der Waals surface area contributed by atoms with Crippen molar-refractivity contribution in [3.63, 3.8) is 0 Å². The van der Waals surface area contributed by atoms with Gasteiger partial charge < -0.3 is 18.9 Å². The lowest BCUT2D eigenvalue weighted by Gasteiger charge is -2.29. The fraction of sp³-hybridized carbons (Fsp3) is 0.167. The second-order valence-corrected chi connectivity index (χ2v) is 11.4. The van der Waals surface area contributed by atoms with E-state index < -0.39 is 0 Å². The molecule has 1 aliphatic heterocycles. The van der Waals surface area contributed by atoms with E-state index in [-0.39, 0.29) is 5.97 Å². The molecule has 6 nitrogen and oxygen atoms in total. The smallest absolute Gasteiger partial charge is 0.337 e. The molecule has 1 aromatic heterocycles. The fourth-order valence-electron chi connectivity index (χ4n) is 5.24. The van der Waals surface area contributed by atoms with Crippen LogP contribution in [0.3, 0.4) is 0 Å². The van der Waals surface area contributed by atoms with E-state index in [9.17, 15) is 4.79 Å². The molecule has 1 saturated heterocycles. The van der Waals surface area contributed by atoms with Gasteiger partial charge in [-0.2, -0.15) is 0 Å². The zero-order valence-electron chi connectivity index (χ0n) is 24.3. The first kappa shape index (κ1) is 29.7. The number of carbonyl (C=O) groups is 1. The van der Waals surface area contributed by atoms with Crippen molar-refractivity contribution in [1.82, 2.24) is 9.55 Å². The van der Waals surface area contributed by atoms with Crippen LogP contribution in [0.1, 0.15) is 27.3 Å². The Hall–Kier alpha value is -4.36. The van der Waals surface area contributed by atoms with Crippen molar-refractivity contribution >= 4 is 47.0 Å². The number of rotatable bonds is 8. The number of ether oxygens (including phenoxy) is 2.